The Bertz CT molecular complexity index is 870. The van der Waals surface area contributed by atoms with Crippen LogP contribution in [-0.4, -0.2) is 29.9 Å². The Morgan fingerprint density at radius 2 is 1.69 bits per heavy atom. The highest BCUT2D eigenvalue weighted by molar-refractivity contribution is 6.10. The van der Waals surface area contributed by atoms with Crippen molar-refractivity contribution in [2.24, 2.45) is 4.99 Å². The quantitative estimate of drug-likeness (QED) is 0.282. The molecule has 2 aromatic rings. The monoisotopic (exact) mass is 395 g/mol. The molecule has 0 aliphatic carbocycles. The smallest absolute Gasteiger partial charge is 0.343 e. The molecule has 0 aromatic heterocycles. The number of hydrogen-bond donors (Lipinski definition) is 1. The first-order valence-corrected chi connectivity index (χ1v) is 9.49. The van der Waals surface area contributed by atoms with Gasteiger partial charge < -0.3 is 14.6 Å². The van der Waals surface area contributed by atoms with E-state index in [1.54, 1.807) is 55.5 Å². The number of esters is 2. The predicted molar refractivity (Wildman–Crippen MR) is 111 cm³/mol. The van der Waals surface area contributed by atoms with E-state index in [4.69, 9.17) is 9.47 Å². The molecule has 0 spiro atoms. The fourth-order valence-electron chi connectivity index (χ4n) is 2.45. The summed E-state index contributed by atoms with van der Waals surface area (Å²) in [6, 6.07) is 15.8. The van der Waals surface area contributed by atoms with Crippen molar-refractivity contribution in [3.63, 3.8) is 0 Å². The Morgan fingerprint density at radius 1 is 1.00 bits per heavy atom. The fourth-order valence-corrected chi connectivity index (χ4v) is 2.45. The van der Waals surface area contributed by atoms with Crippen molar-refractivity contribution >= 4 is 23.8 Å². The highest BCUT2D eigenvalue weighted by atomic mass is 16.5. The van der Waals surface area contributed by atoms with Gasteiger partial charge in [0.25, 0.3) is 0 Å². The van der Waals surface area contributed by atoms with Gasteiger partial charge >= 0.3 is 11.9 Å². The van der Waals surface area contributed by atoms with Gasteiger partial charge in [-0.25, -0.2) is 9.59 Å². The molecule has 0 saturated carbocycles. The van der Waals surface area contributed by atoms with Gasteiger partial charge in [0.05, 0.1) is 17.9 Å². The number of ether oxygens (including phenoxy) is 2. The average Bonchev–Trinajstić information content (AvgIpc) is 2.74. The lowest BCUT2D eigenvalue weighted by molar-refractivity contribution is -0.138. The minimum Gasteiger partial charge on any atom is -0.511 e. The van der Waals surface area contributed by atoms with Gasteiger partial charge in [-0.2, -0.15) is 0 Å². The third kappa shape index (κ3) is 6.92. The summed E-state index contributed by atoms with van der Waals surface area (Å²) in [5.74, 6) is -1.03. The fraction of sp³-hybridized carbons (Fsp3) is 0.261. The lowest BCUT2D eigenvalue weighted by Gasteiger charge is -2.06. The average molecular weight is 395 g/mol. The van der Waals surface area contributed by atoms with Crippen molar-refractivity contribution in [1.29, 1.82) is 0 Å². The Morgan fingerprint density at radius 3 is 2.31 bits per heavy atom. The number of allylic oxidation sites excluding steroid dienone is 1. The van der Waals surface area contributed by atoms with Gasteiger partial charge in [-0.3, -0.25) is 4.99 Å². The van der Waals surface area contributed by atoms with Gasteiger partial charge in [-0.1, -0.05) is 37.3 Å². The van der Waals surface area contributed by atoms with E-state index >= 15 is 0 Å². The maximum Gasteiger partial charge on any atom is 0.343 e. The first-order valence-electron chi connectivity index (χ1n) is 9.49. The number of aliphatic hydroxyl groups excluding tert-OH is 1. The zero-order valence-electron chi connectivity index (χ0n) is 16.6. The van der Waals surface area contributed by atoms with Crippen LogP contribution in [0.4, 0.5) is 5.69 Å². The number of carbonyl (C=O) groups is 2. The molecule has 0 heterocycles. The highest BCUT2D eigenvalue weighted by Crippen LogP contribution is 2.16. The predicted octanol–water partition coefficient (Wildman–Crippen LogP) is 4.92. The molecule has 0 fully saturated rings. The Kier molecular flexibility index (Phi) is 8.63. The van der Waals surface area contributed by atoms with Crippen LogP contribution in [0.25, 0.3) is 0 Å². The number of nitrogens with zero attached hydrogens (tertiary/aromatic N) is 1. The zero-order chi connectivity index (χ0) is 21.1. The van der Waals surface area contributed by atoms with Crippen LogP contribution < -0.4 is 0 Å². The summed E-state index contributed by atoms with van der Waals surface area (Å²) in [4.78, 5) is 28.2. The standard InChI is InChI=1S/C23H25NO5/c1-3-8-21(25)20(23(27)28-4-2)15-24-19-13-11-17(12-14-19)16-29-22(26)18-9-6-5-7-10-18/h5-7,9-15,25H,3-4,8,16H2,1-2H3. The topological polar surface area (TPSA) is 85.2 Å². The third-order valence-corrected chi connectivity index (χ3v) is 3.95. The van der Waals surface area contributed by atoms with E-state index in [9.17, 15) is 14.7 Å². The second-order valence-electron chi connectivity index (χ2n) is 6.20. The van der Waals surface area contributed by atoms with Crippen LogP contribution in [0.1, 0.15) is 42.6 Å². The van der Waals surface area contributed by atoms with Gasteiger partial charge in [-0.05, 0) is 43.2 Å². The highest BCUT2D eigenvalue weighted by Gasteiger charge is 2.14. The molecule has 2 rings (SSSR count). The summed E-state index contributed by atoms with van der Waals surface area (Å²) in [5.41, 5.74) is 1.95. The van der Waals surface area contributed by atoms with Crippen LogP contribution in [0.15, 0.2) is 70.9 Å². The number of hydrogen-bond acceptors (Lipinski definition) is 6. The Balaban J connectivity index is 2.02. The number of aliphatic hydroxyl groups is 1. The third-order valence-electron chi connectivity index (χ3n) is 3.95. The van der Waals surface area contributed by atoms with Crippen LogP contribution >= 0.6 is 0 Å². The summed E-state index contributed by atoms with van der Waals surface area (Å²) in [6.07, 6.45) is 2.37. The van der Waals surface area contributed by atoms with Crippen LogP contribution in [-0.2, 0) is 20.9 Å². The van der Waals surface area contributed by atoms with E-state index in [0.717, 1.165) is 5.56 Å². The summed E-state index contributed by atoms with van der Waals surface area (Å²) in [6.45, 7) is 3.96. The van der Waals surface area contributed by atoms with E-state index in [1.165, 1.54) is 6.21 Å². The van der Waals surface area contributed by atoms with Crippen molar-refractivity contribution in [3.05, 3.63) is 77.1 Å². The minimum absolute atomic E-state index is 0.0425. The Labute approximate surface area is 170 Å². The zero-order valence-corrected chi connectivity index (χ0v) is 16.6. The van der Waals surface area contributed by atoms with E-state index < -0.39 is 5.97 Å². The molecule has 0 aliphatic rings. The summed E-state index contributed by atoms with van der Waals surface area (Å²) < 4.78 is 10.3. The number of carbonyl (C=O) groups excluding carboxylic acids is 2. The summed E-state index contributed by atoms with van der Waals surface area (Å²) >= 11 is 0. The van der Waals surface area contributed by atoms with E-state index in [0.29, 0.717) is 24.1 Å². The van der Waals surface area contributed by atoms with Crippen LogP contribution in [0.2, 0.25) is 0 Å². The van der Waals surface area contributed by atoms with Gasteiger partial charge in [0.1, 0.15) is 17.9 Å². The molecule has 29 heavy (non-hydrogen) atoms. The number of aliphatic imine (C=N–C) groups is 1. The largest absolute Gasteiger partial charge is 0.511 e. The molecule has 6 heteroatoms. The van der Waals surface area contributed by atoms with Gasteiger partial charge in [0, 0.05) is 12.6 Å². The lowest BCUT2D eigenvalue weighted by atomic mass is 10.1. The molecule has 6 nitrogen and oxygen atoms in total. The molecule has 2 aromatic carbocycles. The summed E-state index contributed by atoms with van der Waals surface area (Å²) in [7, 11) is 0. The van der Waals surface area contributed by atoms with Gasteiger partial charge in [0.15, 0.2) is 0 Å². The first-order chi connectivity index (χ1) is 14.0. The SMILES string of the molecule is CCCC(O)=C(C=Nc1ccc(COC(=O)c2ccccc2)cc1)C(=O)OCC. The van der Waals surface area contributed by atoms with Gasteiger partial charge in [-0.15, -0.1) is 0 Å². The van der Waals surface area contributed by atoms with Gasteiger partial charge in [0.2, 0.25) is 0 Å². The molecule has 0 amide bonds. The minimum atomic E-state index is -0.605. The molecule has 152 valence electrons. The molecule has 0 atom stereocenters. The van der Waals surface area contributed by atoms with Crippen LogP contribution in [0, 0.1) is 0 Å². The summed E-state index contributed by atoms with van der Waals surface area (Å²) in [5, 5.41) is 10.1. The van der Waals surface area contributed by atoms with Crippen LogP contribution in [0.3, 0.4) is 0 Å². The molecule has 0 saturated heterocycles. The molecular weight excluding hydrogens is 370 g/mol. The van der Waals surface area contributed by atoms with E-state index in [1.807, 2.05) is 13.0 Å². The van der Waals surface area contributed by atoms with Crippen molar-refractivity contribution in [2.75, 3.05) is 6.61 Å². The second-order valence-corrected chi connectivity index (χ2v) is 6.20. The normalized spacial score (nSPS) is 11.8. The molecule has 0 aliphatic heterocycles. The van der Waals surface area contributed by atoms with Crippen molar-refractivity contribution in [3.8, 4) is 0 Å². The number of benzene rings is 2. The Hall–Kier alpha value is -3.41. The van der Waals surface area contributed by atoms with Crippen LogP contribution in [0.5, 0.6) is 0 Å². The lowest BCUT2D eigenvalue weighted by Crippen LogP contribution is -2.11. The number of rotatable bonds is 9. The van der Waals surface area contributed by atoms with E-state index in [-0.39, 0.29) is 30.5 Å². The maximum absolute atomic E-state index is 12.0. The molecule has 1 N–H and O–H groups in total. The molecular formula is C23H25NO5. The second kappa shape index (κ2) is 11.4. The van der Waals surface area contributed by atoms with E-state index in [2.05, 4.69) is 4.99 Å². The first kappa shape index (κ1) is 21.9. The molecule has 0 radical (unpaired) electrons. The van der Waals surface area contributed by atoms with Crippen molar-refractivity contribution < 1.29 is 24.2 Å². The maximum atomic E-state index is 12.0. The van der Waals surface area contributed by atoms with Crippen molar-refractivity contribution in [2.45, 2.75) is 33.3 Å². The van der Waals surface area contributed by atoms with Crippen molar-refractivity contribution in [1.82, 2.24) is 0 Å². The molecule has 0 bridgehead atoms. The molecule has 0 unspecified atom stereocenters.